The molecule has 0 fully saturated rings. The Morgan fingerprint density at radius 3 is 2.50 bits per heavy atom. The van der Waals surface area contributed by atoms with Crippen LogP contribution in [0.4, 0.5) is 5.69 Å². The van der Waals surface area contributed by atoms with Gasteiger partial charge in [-0.15, -0.1) is 0 Å². The third-order valence-corrected chi connectivity index (χ3v) is 5.09. The van der Waals surface area contributed by atoms with Gasteiger partial charge in [0.15, 0.2) is 0 Å². The summed E-state index contributed by atoms with van der Waals surface area (Å²) in [6.45, 7) is 4.03. The number of para-hydroxylation sites is 2. The summed E-state index contributed by atoms with van der Waals surface area (Å²) in [7, 11) is 1.72. The fourth-order valence-electron chi connectivity index (χ4n) is 3.78. The molecule has 0 aliphatic carbocycles. The number of aromatic nitrogens is 2. The Balaban J connectivity index is 1.81. The molecule has 0 bridgehead atoms. The molecule has 1 aliphatic rings. The van der Waals surface area contributed by atoms with Crippen LogP contribution in [0.3, 0.4) is 0 Å². The zero-order valence-electron chi connectivity index (χ0n) is 15.1. The summed E-state index contributed by atoms with van der Waals surface area (Å²) in [5, 5.41) is 0.598. The van der Waals surface area contributed by atoms with E-state index in [9.17, 15) is 9.59 Å². The summed E-state index contributed by atoms with van der Waals surface area (Å²) >= 11 is 0. The van der Waals surface area contributed by atoms with E-state index in [1.54, 1.807) is 17.7 Å². The highest BCUT2D eigenvalue weighted by Crippen LogP contribution is 2.39. The predicted octanol–water partition coefficient (Wildman–Crippen LogP) is 3.01. The Bertz CT molecular complexity index is 1070. The van der Waals surface area contributed by atoms with Gasteiger partial charge in [0, 0.05) is 25.2 Å². The van der Waals surface area contributed by atoms with Gasteiger partial charge >= 0.3 is 0 Å². The molecule has 1 atom stereocenters. The third kappa shape index (κ3) is 2.43. The van der Waals surface area contributed by atoms with E-state index in [1.165, 1.54) is 0 Å². The van der Waals surface area contributed by atoms with E-state index < -0.39 is 0 Å². The molecule has 4 rings (SSSR count). The van der Waals surface area contributed by atoms with E-state index in [0.29, 0.717) is 23.1 Å². The molecule has 1 aromatic heterocycles. The average Bonchev–Trinajstić information content (AvgIpc) is 2.91. The number of anilines is 1. The molecule has 26 heavy (non-hydrogen) atoms. The van der Waals surface area contributed by atoms with Crippen molar-refractivity contribution >= 4 is 22.5 Å². The summed E-state index contributed by atoms with van der Waals surface area (Å²) in [6.07, 6.45) is 0.412. The maximum absolute atomic E-state index is 13.1. The number of fused-ring (bicyclic) bond motifs is 2. The number of benzene rings is 2. The Morgan fingerprint density at radius 2 is 1.73 bits per heavy atom. The smallest absolute Gasteiger partial charge is 0.261 e. The van der Waals surface area contributed by atoms with Crippen LogP contribution in [0.1, 0.15) is 31.2 Å². The molecule has 1 unspecified atom stereocenters. The Hall–Kier alpha value is -2.95. The van der Waals surface area contributed by atoms with Crippen LogP contribution < -0.4 is 10.5 Å². The van der Waals surface area contributed by atoms with Crippen molar-refractivity contribution in [3.63, 3.8) is 0 Å². The van der Waals surface area contributed by atoms with Crippen molar-refractivity contribution < 1.29 is 4.79 Å². The second kappa shape index (κ2) is 6.09. The molecule has 1 amide bonds. The largest absolute Gasteiger partial charge is 0.309 e. The highest BCUT2D eigenvalue weighted by atomic mass is 16.2. The minimum absolute atomic E-state index is 0.0728. The van der Waals surface area contributed by atoms with Crippen LogP contribution in [0.25, 0.3) is 10.9 Å². The van der Waals surface area contributed by atoms with Crippen LogP contribution in [0.15, 0.2) is 53.3 Å². The molecule has 5 heteroatoms. The molecule has 0 saturated carbocycles. The first kappa shape index (κ1) is 16.5. The lowest BCUT2D eigenvalue weighted by Crippen LogP contribution is -2.36. The van der Waals surface area contributed by atoms with Crippen LogP contribution >= 0.6 is 0 Å². The van der Waals surface area contributed by atoms with E-state index in [-0.39, 0.29) is 23.4 Å². The van der Waals surface area contributed by atoms with Gasteiger partial charge in [-0.25, -0.2) is 4.98 Å². The molecule has 3 aromatic rings. The second-order valence-corrected chi connectivity index (χ2v) is 7.03. The van der Waals surface area contributed by atoms with Crippen molar-refractivity contribution in [1.29, 1.82) is 0 Å². The normalized spacial score (nSPS) is 16.5. The molecule has 0 N–H and O–H groups in total. The van der Waals surface area contributed by atoms with Crippen molar-refractivity contribution in [3.8, 4) is 0 Å². The fraction of sp³-hybridized carbons (Fsp3) is 0.286. The third-order valence-electron chi connectivity index (χ3n) is 5.09. The summed E-state index contributed by atoms with van der Waals surface area (Å²) < 4.78 is 1.57. The molecule has 0 spiro atoms. The van der Waals surface area contributed by atoms with Gasteiger partial charge in [-0.3, -0.25) is 14.2 Å². The molecule has 1 aliphatic heterocycles. The maximum Gasteiger partial charge on any atom is 0.261 e. The van der Waals surface area contributed by atoms with Gasteiger partial charge in [0.1, 0.15) is 5.82 Å². The van der Waals surface area contributed by atoms with Crippen molar-refractivity contribution in [1.82, 2.24) is 9.55 Å². The number of amides is 1. The molecule has 132 valence electrons. The highest BCUT2D eigenvalue weighted by molar-refractivity contribution is 6.05. The van der Waals surface area contributed by atoms with Crippen molar-refractivity contribution in [2.75, 3.05) is 4.90 Å². The van der Waals surface area contributed by atoms with E-state index in [1.807, 2.05) is 61.2 Å². The first-order valence-corrected chi connectivity index (χ1v) is 8.85. The number of rotatable bonds is 3. The standard InChI is InChI=1S/C21H21N3O2/c1-13(2)24-18-11-7-5-8-14(18)16(21(24)26)12-19-22-17-10-6-4-9-15(17)20(25)23(19)3/h4-11,13,16H,12H2,1-3H3. The summed E-state index contributed by atoms with van der Waals surface area (Å²) in [5.74, 6) is 0.393. The summed E-state index contributed by atoms with van der Waals surface area (Å²) in [5.41, 5.74) is 2.56. The summed E-state index contributed by atoms with van der Waals surface area (Å²) in [6, 6.07) is 15.3. The number of carbonyl (C=O) groups is 1. The first-order chi connectivity index (χ1) is 12.5. The zero-order chi connectivity index (χ0) is 18.4. The second-order valence-electron chi connectivity index (χ2n) is 7.03. The molecule has 5 nitrogen and oxygen atoms in total. The van der Waals surface area contributed by atoms with Crippen molar-refractivity contribution in [2.24, 2.45) is 7.05 Å². The molecule has 2 heterocycles. The lowest BCUT2D eigenvalue weighted by atomic mass is 9.96. The quantitative estimate of drug-likeness (QED) is 0.732. The van der Waals surface area contributed by atoms with Crippen molar-refractivity contribution in [2.45, 2.75) is 32.2 Å². The Labute approximate surface area is 151 Å². The minimum Gasteiger partial charge on any atom is -0.309 e. The van der Waals surface area contributed by atoms with E-state index >= 15 is 0 Å². The lowest BCUT2D eigenvalue weighted by Gasteiger charge is -2.22. The van der Waals surface area contributed by atoms with Gasteiger partial charge in [-0.1, -0.05) is 30.3 Å². The molecular formula is C21H21N3O2. The molecular weight excluding hydrogens is 326 g/mol. The Morgan fingerprint density at radius 1 is 1.04 bits per heavy atom. The summed E-state index contributed by atoms with van der Waals surface area (Å²) in [4.78, 5) is 32.2. The average molecular weight is 347 g/mol. The van der Waals surface area contributed by atoms with Crippen LogP contribution in [0.2, 0.25) is 0 Å². The highest BCUT2D eigenvalue weighted by Gasteiger charge is 2.38. The predicted molar refractivity (Wildman–Crippen MR) is 102 cm³/mol. The zero-order valence-corrected chi connectivity index (χ0v) is 15.1. The van der Waals surface area contributed by atoms with Crippen molar-refractivity contribution in [3.05, 3.63) is 70.3 Å². The van der Waals surface area contributed by atoms with Crippen LogP contribution in [0, 0.1) is 0 Å². The topological polar surface area (TPSA) is 55.2 Å². The molecule has 2 aromatic carbocycles. The number of nitrogens with zero attached hydrogens (tertiary/aromatic N) is 3. The van der Waals surface area contributed by atoms with Crippen LogP contribution in [-0.2, 0) is 18.3 Å². The monoisotopic (exact) mass is 347 g/mol. The number of hydrogen-bond acceptors (Lipinski definition) is 3. The van der Waals surface area contributed by atoms with E-state index in [2.05, 4.69) is 4.98 Å². The Kier molecular flexibility index (Phi) is 3.87. The number of carbonyl (C=O) groups excluding carboxylic acids is 1. The van der Waals surface area contributed by atoms with Gasteiger partial charge < -0.3 is 4.90 Å². The fourth-order valence-corrected chi connectivity index (χ4v) is 3.78. The number of hydrogen-bond donors (Lipinski definition) is 0. The molecule has 0 radical (unpaired) electrons. The van der Waals surface area contributed by atoms with E-state index in [4.69, 9.17) is 0 Å². The van der Waals surface area contributed by atoms with Gasteiger partial charge in [-0.05, 0) is 37.6 Å². The lowest BCUT2D eigenvalue weighted by molar-refractivity contribution is -0.119. The SMILES string of the molecule is CC(C)N1C(=O)C(Cc2nc3ccccc3c(=O)n2C)c2ccccc21. The van der Waals surface area contributed by atoms with Gasteiger partial charge in [0.25, 0.3) is 5.56 Å². The first-order valence-electron chi connectivity index (χ1n) is 8.85. The van der Waals surface area contributed by atoms with Gasteiger partial charge in [-0.2, -0.15) is 0 Å². The van der Waals surface area contributed by atoms with E-state index in [0.717, 1.165) is 11.3 Å². The van der Waals surface area contributed by atoms with Gasteiger partial charge in [0.05, 0.1) is 16.8 Å². The molecule has 0 saturated heterocycles. The van der Waals surface area contributed by atoms with Gasteiger partial charge in [0.2, 0.25) is 5.91 Å². The van der Waals surface area contributed by atoms with Crippen LogP contribution in [-0.4, -0.2) is 21.5 Å². The minimum atomic E-state index is -0.312. The maximum atomic E-state index is 13.1. The van der Waals surface area contributed by atoms with Crippen LogP contribution in [0.5, 0.6) is 0 Å².